The Morgan fingerprint density at radius 1 is 1.00 bits per heavy atom. The summed E-state index contributed by atoms with van der Waals surface area (Å²) in [6.07, 6.45) is 1.88. The molecule has 80 valence electrons. The SMILES string of the molecule is CC.CC(C)c1cccnc1C(C)C. The Kier molecular flexibility index (Phi) is 6.18. The van der Waals surface area contributed by atoms with E-state index in [9.17, 15) is 0 Å². The van der Waals surface area contributed by atoms with E-state index in [1.54, 1.807) is 0 Å². The van der Waals surface area contributed by atoms with Crippen molar-refractivity contribution in [1.82, 2.24) is 4.98 Å². The topological polar surface area (TPSA) is 12.9 Å². The molecule has 0 aromatic carbocycles. The lowest BCUT2D eigenvalue weighted by Crippen LogP contribution is -2.00. The van der Waals surface area contributed by atoms with Crippen LogP contribution in [0.4, 0.5) is 0 Å². The summed E-state index contributed by atoms with van der Waals surface area (Å²) in [5, 5.41) is 0. The van der Waals surface area contributed by atoms with E-state index in [0.717, 1.165) is 0 Å². The van der Waals surface area contributed by atoms with Crippen LogP contribution in [-0.4, -0.2) is 4.98 Å². The third-order valence-electron chi connectivity index (χ3n) is 2.04. The minimum atomic E-state index is 0.531. The van der Waals surface area contributed by atoms with Crippen molar-refractivity contribution in [2.45, 2.75) is 53.4 Å². The first-order chi connectivity index (χ1) is 6.63. The summed E-state index contributed by atoms with van der Waals surface area (Å²) in [6.45, 7) is 12.8. The van der Waals surface area contributed by atoms with Gasteiger partial charge in [0.05, 0.1) is 0 Å². The van der Waals surface area contributed by atoms with Gasteiger partial charge < -0.3 is 0 Å². The Bertz CT molecular complexity index is 224. The molecule has 1 aromatic rings. The summed E-state index contributed by atoms with van der Waals surface area (Å²) in [5.41, 5.74) is 2.63. The number of nitrogens with zero attached hydrogens (tertiary/aromatic N) is 1. The maximum absolute atomic E-state index is 4.40. The number of hydrogen-bond donors (Lipinski definition) is 0. The van der Waals surface area contributed by atoms with Gasteiger partial charge in [-0.1, -0.05) is 47.6 Å². The van der Waals surface area contributed by atoms with Gasteiger partial charge in [-0.05, 0) is 23.5 Å². The lowest BCUT2D eigenvalue weighted by Gasteiger charge is -2.13. The third kappa shape index (κ3) is 3.49. The number of aromatic nitrogens is 1. The molecule has 0 amide bonds. The van der Waals surface area contributed by atoms with Gasteiger partial charge >= 0.3 is 0 Å². The normalized spacial score (nSPS) is 10.0. The zero-order chi connectivity index (χ0) is 11.1. The number of hydrogen-bond acceptors (Lipinski definition) is 1. The molecule has 0 aliphatic rings. The molecule has 0 saturated heterocycles. The van der Waals surface area contributed by atoms with Crippen LogP contribution in [0.5, 0.6) is 0 Å². The summed E-state index contributed by atoms with van der Waals surface area (Å²) >= 11 is 0. The van der Waals surface area contributed by atoms with E-state index in [0.29, 0.717) is 11.8 Å². The van der Waals surface area contributed by atoms with Crippen LogP contribution in [0, 0.1) is 0 Å². The van der Waals surface area contributed by atoms with Crippen LogP contribution in [0.25, 0.3) is 0 Å². The zero-order valence-electron chi connectivity index (χ0n) is 10.3. The summed E-state index contributed by atoms with van der Waals surface area (Å²) < 4.78 is 0. The van der Waals surface area contributed by atoms with Gasteiger partial charge in [0.1, 0.15) is 0 Å². The fourth-order valence-corrected chi connectivity index (χ4v) is 1.40. The highest BCUT2D eigenvalue weighted by atomic mass is 14.7. The average Bonchev–Trinajstić information content (AvgIpc) is 2.20. The van der Waals surface area contributed by atoms with E-state index in [1.807, 2.05) is 26.1 Å². The molecule has 0 aliphatic carbocycles. The van der Waals surface area contributed by atoms with E-state index in [1.165, 1.54) is 11.3 Å². The molecule has 0 bridgehead atoms. The van der Waals surface area contributed by atoms with E-state index in [-0.39, 0.29) is 0 Å². The summed E-state index contributed by atoms with van der Waals surface area (Å²) in [5.74, 6) is 1.11. The maximum atomic E-state index is 4.40. The van der Waals surface area contributed by atoms with Crippen LogP contribution in [0.1, 0.15) is 64.6 Å². The largest absolute Gasteiger partial charge is 0.261 e. The monoisotopic (exact) mass is 193 g/mol. The first-order valence-electron chi connectivity index (χ1n) is 5.57. The Morgan fingerprint density at radius 2 is 1.57 bits per heavy atom. The van der Waals surface area contributed by atoms with E-state index < -0.39 is 0 Å². The number of pyridine rings is 1. The van der Waals surface area contributed by atoms with Gasteiger partial charge in [-0.3, -0.25) is 4.98 Å². The van der Waals surface area contributed by atoms with Gasteiger partial charge in [-0.25, -0.2) is 0 Å². The molecule has 0 fully saturated rings. The molecule has 0 spiro atoms. The molecule has 0 atom stereocenters. The second-order valence-corrected chi connectivity index (χ2v) is 3.79. The molecule has 1 aromatic heterocycles. The predicted octanol–water partition coefficient (Wildman–Crippen LogP) is 4.35. The second-order valence-electron chi connectivity index (χ2n) is 3.79. The van der Waals surface area contributed by atoms with Crippen molar-refractivity contribution in [3.63, 3.8) is 0 Å². The Morgan fingerprint density at radius 3 is 1.93 bits per heavy atom. The van der Waals surface area contributed by atoms with Gasteiger partial charge in [0.2, 0.25) is 0 Å². The van der Waals surface area contributed by atoms with E-state index >= 15 is 0 Å². The minimum Gasteiger partial charge on any atom is -0.261 e. The second kappa shape index (κ2) is 6.58. The maximum Gasteiger partial charge on any atom is 0.0463 e. The first-order valence-corrected chi connectivity index (χ1v) is 5.57. The molecule has 1 rings (SSSR count). The van der Waals surface area contributed by atoms with Crippen LogP contribution in [-0.2, 0) is 0 Å². The van der Waals surface area contributed by atoms with Gasteiger partial charge in [-0.15, -0.1) is 0 Å². The molecule has 0 saturated carbocycles. The molecule has 0 aliphatic heterocycles. The highest BCUT2D eigenvalue weighted by Crippen LogP contribution is 2.23. The van der Waals surface area contributed by atoms with Gasteiger partial charge in [0.25, 0.3) is 0 Å². The van der Waals surface area contributed by atoms with Crippen molar-refractivity contribution in [3.05, 3.63) is 29.6 Å². The zero-order valence-corrected chi connectivity index (χ0v) is 10.3. The van der Waals surface area contributed by atoms with Crippen LogP contribution in [0.2, 0.25) is 0 Å². The standard InChI is InChI=1S/C11H17N.C2H6/c1-8(2)10-6-5-7-12-11(10)9(3)4;1-2/h5-9H,1-4H3;1-2H3. The van der Waals surface area contributed by atoms with Gasteiger partial charge in [0.15, 0.2) is 0 Å². The minimum absolute atomic E-state index is 0.531. The molecule has 0 N–H and O–H groups in total. The van der Waals surface area contributed by atoms with Crippen molar-refractivity contribution >= 4 is 0 Å². The van der Waals surface area contributed by atoms with E-state index in [2.05, 4.69) is 38.7 Å². The third-order valence-corrected chi connectivity index (χ3v) is 2.04. The lowest BCUT2D eigenvalue weighted by molar-refractivity contribution is 0.757. The average molecular weight is 193 g/mol. The molecule has 0 radical (unpaired) electrons. The molecule has 1 nitrogen and oxygen atoms in total. The van der Waals surface area contributed by atoms with Gasteiger partial charge in [0, 0.05) is 11.9 Å². The van der Waals surface area contributed by atoms with Crippen LogP contribution < -0.4 is 0 Å². The molecule has 0 unspecified atom stereocenters. The molecule has 14 heavy (non-hydrogen) atoms. The smallest absolute Gasteiger partial charge is 0.0463 e. The Labute approximate surface area is 88.6 Å². The summed E-state index contributed by atoms with van der Waals surface area (Å²) in [6, 6.07) is 4.19. The van der Waals surface area contributed by atoms with Crippen molar-refractivity contribution in [2.24, 2.45) is 0 Å². The molecular formula is C13H23N. The molecule has 1 heteroatoms. The highest BCUT2D eigenvalue weighted by Gasteiger charge is 2.09. The quantitative estimate of drug-likeness (QED) is 0.680. The van der Waals surface area contributed by atoms with Crippen LogP contribution in [0.3, 0.4) is 0 Å². The summed E-state index contributed by atoms with van der Waals surface area (Å²) in [7, 11) is 0. The Balaban J connectivity index is 0.000000791. The highest BCUT2D eigenvalue weighted by molar-refractivity contribution is 5.25. The molecular weight excluding hydrogens is 170 g/mol. The van der Waals surface area contributed by atoms with Crippen molar-refractivity contribution in [3.8, 4) is 0 Å². The fraction of sp³-hybridized carbons (Fsp3) is 0.615. The van der Waals surface area contributed by atoms with Crippen LogP contribution >= 0.6 is 0 Å². The van der Waals surface area contributed by atoms with Crippen molar-refractivity contribution in [2.75, 3.05) is 0 Å². The number of rotatable bonds is 2. The van der Waals surface area contributed by atoms with E-state index in [4.69, 9.17) is 0 Å². The first kappa shape index (κ1) is 13.2. The fourth-order valence-electron chi connectivity index (χ4n) is 1.40. The van der Waals surface area contributed by atoms with Crippen molar-refractivity contribution in [1.29, 1.82) is 0 Å². The Hall–Kier alpha value is -0.850. The molecule has 1 heterocycles. The summed E-state index contributed by atoms with van der Waals surface area (Å²) in [4.78, 5) is 4.40. The van der Waals surface area contributed by atoms with Gasteiger partial charge in [-0.2, -0.15) is 0 Å². The van der Waals surface area contributed by atoms with Crippen molar-refractivity contribution < 1.29 is 0 Å². The van der Waals surface area contributed by atoms with Crippen LogP contribution in [0.15, 0.2) is 18.3 Å². The lowest BCUT2D eigenvalue weighted by atomic mass is 9.96. The predicted molar refractivity (Wildman–Crippen MR) is 63.8 cm³/mol.